The zero-order chi connectivity index (χ0) is 26.6. The highest BCUT2D eigenvalue weighted by Gasteiger charge is 2.16. The smallest absolute Gasteiger partial charge is 0.158 e. The fourth-order valence-corrected chi connectivity index (χ4v) is 5.90. The minimum Gasteiger partial charge on any atom is -0.309 e. The van der Waals surface area contributed by atoms with Crippen LogP contribution in [0.5, 0.6) is 0 Å². The minimum atomic E-state index is 0.302. The highest BCUT2D eigenvalue weighted by molar-refractivity contribution is 6.12. The maximum absolute atomic E-state index is 9.16. The predicted octanol–water partition coefficient (Wildman–Crippen LogP) is 8.21. The minimum absolute atomic E-state index is 0.302. The summed E-state index contributed by atoms with van der Waals surface area (Å²) >= 11 is 0. The number of fused-ring (bicyclic) bond motifs is 6. The third kappa shape index (κ3) is 3.27. The Morgan fingerprint density at radius 1 is 0.500 bits per heavy atom. The average molecular weight is 512 g/mol. The van der Waals surface area contributed by atoms with Gasteiger partial charge < -0.3 is 4.57 Å². The third-order valence-electron chi connectivity index (χ3n) is 7.67. The van der Waals surface area contributed by atoms with Crippen LogP contribution in [0, 0.1) is 11.3 Å². The van der Waals surface area contributed by atoms with Gasteiger partial charge in [-0.1, -0.05) is 66.7 Å². The molecule has 0 aliphatic heterocycles. The number of nitrogens with zero attached hydrogens (tertiary/aromatic N) is 5. The van der Waals surface area contributed by atoms with E-state index in [2.05, 4.69) is 128 Å². The van der Waals surface area contributed by atoms with Gasteiger partial charge in [-0.05, 0) is 59.7 Å². The molecule has 0 atom stereocenters. The average Bonchev–Trinajstić information content (AvgIpc) is 3.54. The molecule has 3 aromatic heterocycles. The lowest BCUT2D eigenvalue weighted by Crippen LogP contribution is -1.99. The van der Waals surface area contributed by atoms with Crippen molar-refractivity contribution >= 4 is 43.6 Å². The van der Waals surface area contributed by atoms with E-state index in [-0.39, 0.29) is 0 Å². The summed E-state index contributed by atoms with van der Waals surface area (Å²) in [4.78, 5) is 8.80. The molecule has 0 fully saturated rings. The zero-order valence-corrected chi connectivity index (χ0v) is 21.4. The van der Waals surface area contributed by atoms with E-state index in [0.29, 0.717) is 11.5 Å². The van der Waals surface area contributed by atoms with Crippen LogP contribution in [0.25, 0.3) is 66.2 Å². The zero-order valence-electron chi connectivity index (χ0n) is 21.4. The Morgan fingerprint density at radius 2 is 1.05 bits per heavy atom. The van der Waals surface area contributed by atoms with Crippen LogP contribution in [0.2, 0.25) is 0 Å². The van der Waals surface area contributed by atoms with Crippen molar-refractivity contribution in [3.8, 4) is 28.7 Å². The molecule has 0 spiro atoms. The highest BCUT2D eigenvalue weighted by atomic mass is 15.1. The quantitative estimate of drug-likeness (QED) is 0.240. The van der Waals surface area contributed by atoms with Crippen LogP contribution in [-0.4, -0.2) is 19.1 Å². The molecule has 5 aromatic carbocycles. The van der Waals surface area contributed by atoms with Gasteiger partial charge in [0.25, 0.3) is 0 Å². The molecule has 5 heteroatoms. The van der Waals surface area contributed by atoms with Crippen molar-refractivity contribution in [2.75, 3.05) is 0 Å². The predicted molar refractivity (Wildman–Crippen MR) is 161 cm³/mol. The number of rotatable bonds is 3. The molecule has 8 rings (SSSR count). The molecule has 0 unspecified atom stereocenters. The largest absolute Gasteiger partial charge is 0.309 e. The van der Waals surface area contributed by atoms with Gasteiger partial charge >= 0.3 is 0 Å². The van der Waals surface area contributed by atoms with Crippen LogP contribution in [0.1, 0.15) is 5.69 Å². The molecular weight excluding hydrogens is 490 g/mol. The standard InChI is InChI=1S/C35H21N5/c36-20-25-21-38-35(22-37-25)40-32-13-7-5-11-28(32)30-19-24(15-17-34(30)40)23-14-16-33-29(18-23)27-10-4-6-12-31(27)39(33)26-8-2-1-3-9-26/h1-19,21-22H. The summed E-state index contributed by atoms with van der Waals surface area (Å²) in [5.74, 6) is 0.688. The highest BCUT2D eigenvalue weighted by Crippen LogP contribution is 2.37. The summed E-state index contributed by atoms with van der Waals surface area (Å²) in [6, 6.07) is 42.9. The Morgan fingerprint density at radius 3 is 1.65 bits per heavy atom. The first-order valence-corrected chi connectivity index (χ1v) is 13.1. The number of nitriles is 1. The van der Waals surface area contributed by atoms with Gasteiger partial charge in [0.05, 0.1) is 34.5 Å². The molecule has 0 N–H and O–H groups in total. The normalized spacial score (nSPS) is 11.5. The van der Waals surface area contributed by atoms with Gasteiger partial charge in [-0.3, -0.25) is 4.57 Å². The lowest BCUT2D eigenvalue weighted by atomic mass is 10.0. The van der Waals surface area contributed by atoms with Crippen molar-refractivity contribution in [2.45, 2.75) is 0 Å². The van der Waals surface area contributed by atoms with Gasteiger partial charge in [0.15, 0.2) is 11.5 Å². The number of para-hydroxylation sites is 3. The first-order valence-electron chi connectivity index (χ1n) is 13.1. The summed E-state index contributed by atoms with van der Waals surface area (Å²) < 4.78 is 4.45. The summed E-state index contributed by atoms with van der Waals surface area (Å²) in [5, 5.41) is 13.9. The molecule has 0 bridgehead atoms. The Labute approximate surface area is 229 Å². The maximum Gasteiger partial charge on any atom is 0.158 e. The van der Waals surface area contributed by atoms with E-state index in [1.54, 1.807) is 6.20 Å². The van der Waals surface area contributed by atoms with Gasteiger partial charge in [-0.15, -0.1) is 0 Å². The molecule has 5 nitrogen and oxygen atoms in total. The monoisotopic (exact) mass is 511 g/mol. The van der Waals surface area contributed by atoms with Crippen molar-refractivity contribution in [3.63, 3.8) is 0 Å². The molecule has 0 saturated heterocycles. The fraction of sp³-hybridized carbons (Fsp3) is 0. The molecule has 8 aromatic rings. The molecule has 0 amide bonds. The molecule has 3 heterocycles. The number of hydrogen-bond acceptors (Lipinski definition) is 3. The van der Waals surface area contributed by atoms with Crippen molar-refractivity contribution in [1.82, 2.24) is 19.1 Å². The Balaban J connectivity index is 1.34. The van der Waals surface area contributed by atoms with Gasteiger partial charge in [-0.25, -0.2) is 9.97 Å². The second kappa shape index (κ2) is 8.65. The van der Waals surface area contributed by atoms with Gasteiger partial charge in [0.2, 0.25) is 0 Å². The van der Waals surface area contributed by atoms with E-state index in [0.717, 1.165) is 33.1 Å². The summed E-state index contributed by atoms with van der Waals surface area (Å²) in [6.45, 7) is 0. The van der Waals surface area contributed by atoms with Crippen LogP contribution < -0.4 is 0 Å². The number of benzene rings is 5. The van der Waals surface area contributed by atoms with Gasteiger partial charge in [0, 0.05) is 27.2 Å². The van der Waals surface area contributed by atoms with Crippen LogP contribution >= 0.6 is 0 Å². The summed E-state index contributed by atoms with van der Waals surface area (Å²) in [5.41, 5.74) is 8.26. The van der Waals surface area contributed by atoms with Crippen LogP contribution in [0.4, 0.5) is 0 Å². The third-order valence-corrected chi connectivity index (χ3v) is 7.67. The lowest BCUT2D eigenvalue weighted by Gasteiger charge is -2.09. The molecule has 0 aliphatic carbocycles. The molecule has 0 saturated carbocycles. The van der Waals surface area contributed by atoms with Crippen molar-refractivity contribution in [2.24, 2.45) is 0 Å². The second-order valence-electron chi connectivity index (χ2n) is 9.88. The SMILES string of the molecule is N#Cc1cnc(-n2c3ccccc3c3cc(-c4ccc5c(c4)c4ccccc4n5-c4ccccc4)ccc32)cn1. The Bertz CT molecular complexity index is 2270. The van der Waals surface area contributed by atoms with E-state index >= 15 is 0 Å². The molecular formula is C35H21N5. The van der Waals surface area contributed by atoms with Crippen molar-refractivity contribution < 1.29 is 0 Å². The van der Waals surface area contributed by atoms with Gasteiger partial charge in [0.1, 0.15) is 6.07 Å². The van der Waals surface area contributed by atoms with Crippen LogP contribution in [-0.2, 0) is 0 Å². The number of aromatic nitrogens is 4. The first-order chi connectivity index (χ1) is 19.8. The topological polar surface area (TPSA) is 59.4 Å². The molecule has 186 valence electrons. The van der Waals surface area contributed by atoms with Gasteiger partial charge in [-0.2, -0.15) is 5.26 Å². The van der Waals surface area contributed by atoms with E-state index in [9.17, 15) is 0 Å². The van der Waals surface area contributed by atoms with E-state index in [4.69, 9.17) is 5.26 Å². The van der Waals surface area contributed by atoms with E-state index in [1.165, 1.54) is 33.6 Å². The maximum atomic E-state index is 9.16. The van der Waals surface area contributed by atoms with Crippen molar-refractivity contribution in [1.29, 1.82) is 5.26 Å². The van der Waals surface area contributed by atoms with E-state index in [1.807, 2.05) is 12.1 Å². The second-order valence-corrected chi connectivity index (χ2v) is 9.88. The summed E-state index contributed by atoms with van der Waals surface area (Å²) in [6.07, 6.45) is 3.18. The molecule has 0 aliphatic rings. The number of hydrogen-bond donors (Lipinski definition) is 0. The lowest BCUT2D eigenvalue weighted by molar-refractivity contribution is 1.03. The Kier molecular flexibility index (Phi) is 4.82. The van der Waals surface area contributed by atoms with Crippen LogP contribution in [0.15, 0.2) is 128 Å². The van der Waals surface area contributed by atoms with Crippen LogP contribution in [0.3, 0.4) is 0 Å². The van der Waals surface area contributed by atoms with Crippen molar-refractivity contribution in [3.05, 3.63) is 133 Å². The van der Waals surface area contributed by atoms with E-state index < -0.39 is 0 Å². The molecule has 0 radical (unpaired) electrons. The molecule has 40 heavy (non-hydrogen) atoms. The first kappa shape index (κ1) is 22.3. The summed E-state index contributed by atoms with van der Waals surface area (Å²) in [7, 11) is 0. The fourth-order valence-electron chi connectivity index (χ4n) is 5.90. The Hall–Kier alpha value is -5.73.